The van der Waals surface area contributed by atoms with Gasteiger partial charge in [-0.25, -0.2) is 4.39 Å². The quantitative estimate of drug-likeness (QED) is 0.614. The Morgan fingerprint density at radius 1 is 1.44 bits per heavy atom. The van der Waals surface area contributed by atoms with Crippen molar-refractivity contribution in [2.24, 2.45) is 5.73 Å². The van der Waals surface area contributed by atoms with Gasteiger partial charge in [0.2, 0.25) is 0 Å². The van der Waals surface area contributed by atoms with Crippen molar-refractivity contribution in [3.8, 4) is 5.75 Å². The van der Waals surface area contributed by atoms with Gasteiger partial charge in [-0.2, -0.15) is 0 Å². The number of ether oxygens (including phenoxy) is 1. The second-order valence-corrected chi connectivity index (χ2v) is 3.97. The lowest BCUT2D eigenvalue weighted by Crippen LogP contribution is -2.14. The average molecular weight is 241 g/mol. The molecule has 0 amide bonds. The maximum absolute atomic E-state index is 13.4. The molecule has 0 aromatic heterocycles. The van der Waals surface area contributed by atoms with E-state index in [1.54, 1.807) is 12.1 Å². The summed E-state index contributed by atoms with van der Waals surface area (Å²) in [5.41, 5.74) is 5.66. The number of hydrogen-bond acceptors (Lipinski definition) is 2. The molecule has 0 saturated heterocycles. The fraction of sp³-hybridized carbons (Fsp3) is 0.417. The minimum Gasteiger partial charge on any atom is -0.493 e. The van der Waals surface area contributed by atoms with Crippen LogP contribution in [0.25, 0.3) is 0 Å². The van der Waals surface area contributed by atoms with Crippen molar-refractivity contribution < 1.29 is 9.13 Å². The summed E-state index contributed by atoms with van der Waals surface area (Å²) in [6.45, 7) is 2.68. The van der Waals surface area contributed by atoms with Crippen LogP contribution in [-0.2, 0) is 0 Å². The second-order valence-electron chi connectivity index (χ2n) is 3.53. The molecule has 1 rings (SSSR count). The average Bonchev–Trinajstić information content (AvgIpc) is 2.24. The van der Waals surface area contributed by atoms with Gasteiger partial charge in [-0.3, -0.25) is 0 Å². The van der Waals surface area contributed by atoms with E-state index in [1.165, 1.54) is 6.07 Å². The van der Waals surface area contributed by atoms with Crippen molar-refractivity contribution >= 4 is 17.2 Å². The third kappa shape index (κ3) is 3.45. The van der Waals surface area contributed by atoms with Gasteiger partial charge in [-0.05, 0) is 18.6 Å². The van der Waals surface area contributed by atoms with Crippen LogP contribution >= 0.6 is 12.2 Å². The molecule has 0 bridgehead atoms. The molecule has 4 heteroatoms. The van der Waals surface area contributed by atoms with E-state index in [1.807, 2.05) is 0 Å². The molecule has 0 atom stereocenters. The van der Waals surface area contributed by atoms with E-state index in [0.29, 0.717) is 12.4 Å². The Morgan fingerprint density at radius 2 is 2.19 bits per heavy atom. The molecule has 0 aliphatic rings. The summed E-state index contributed by atoms with van der Waals surface area (Å²) < 4.78 is 18.9. The lowest BCUT2D eigenvalue weighted by atomic mass is 10.2. The Kier molecular flexibility index (Phi) is 5.19. The van der Waals surface area contributed by atoms with Crippen molar-refractivity contribution in [2.45, 2.75) is 26.2 Å². The first kappa shape index (κ1) is 12.9. The largest absolute Gasteiger partial charge is 0.493 e. The monoisotopic (exact) mass is 241 g/mol. The molecule has 16 heavy (non-hydrogen) atoms. The first-order valence-electron chi connectivity index (χ1n) is 5.38. The van der Waals surface area contributed by atoms with Crippen molar-refractivity contribution in [3.05, 3.63) is 29.6 Å². The summed E-state index contributed by atoms with van der Waals surface area (Å²) in [5.74, 6) is 0.00379. The molecular weight excluding hydrogens is 225 g/mol. The van der Waals surface area contributed by atoms with Crippen LogP contribution in [0.5, 0.6) is 5.75 Å². The highest BCUT2D eigenvalue weighted by Crippen LogP contribution is 2.21. The van der Waals surface area contributed by atoms with Gasteiger partial charge in [0, 0.05) is 0 Å². The maximum atomic E-state index is 13.4. The molecule has 0 spiro atoms. The first-order chi connectivity index (χ1) is 7.66. The molecule has 0 heterocycles. The van der Waals surface area contributed by atoms with Crippen LogP contribution in [0.15, 0.2) is 18.2 Å². The Labute approximate surface area is 101 Å². The van der Waals surface area contributed by atoms with Crippen molar-refractivity contribution in [3.63, 3.8) is 0 Å². The summed E-state index contributed by atoms with van der Waals surface area (Å²) in [7, 11) is 0. The molecule has 0 saturated carbocycles. The summed E-state index contributed by atoms with van der Waals surface area (Å²) in [4.78, 5) is 0.0311. The molecule has 1 aromatic carbocycles. The number of nitrogens with two attached hydrogens (primary N) is 1. The third-order valence-electron chi connectivity index (χ3n) is 2.23. The summed E-state index contributed by atoms with van der Waals surface area (Å²) in [6.07, 6.45) is 3.16. The van der Waals surface area contributed by atoms with Crippen LogP contribution in [0.1, 0.15) is 31.7 Å². The van der Waals surface area contributed by atoms with Crippen LogP contribution in [0.4, 0.5) is 4.39 Å². The van der Waals surface area contributed by atoms with E-state index in [0.717, 1.165) is 19.3 Å². The van der Waals surface area contributed by atoms with E-state index in [2.05, 4.69) is 6.92 Å². The Hall–Kier alpha value is -1.16. The molecule has 1 aromatic rings. The number of thiocarbonyl (C=S) groups is 1. The van der Waals surface area contributed by atoms with Gasteiger partial charge in [0.1, 0.15) is 16.6 Å². The zero-order valence-electron chi connectivity index (χ0n) is 9.33. The van der Waals surface area contributed by atoms with Crippen LogP contribution < -0.4 is 10.5 Å². The van der Waals surface area contributed by atoms with Crippen molar-refractivity contribution in [1.82, 2.24) is 0 Å². The van der Waals surface area contributed by atoms with Gasteiger partial charge in [-0.1, -0.05) is 38.0 Å². The van der Waals surface area contributed by atoms with Crippen LogP contribution in [0.3, 0.4) is 0 Å². The first-order valence-corrected chi connectivity index (χ1v) is 5.78. The molecular formula is C12H16FNOS. The Balaban J connectivity index is 2.71. The van der Waals surface area contributed by atoms with Crippen LogP contribution in [-0.4, -0.2) is 11.6 Å². The topological polar surface area (TPSA) is 35.2 Å². The highest BCUT2D eigenvalue weighted by atomic mass is 32.1. The van der Waals surface area contributed by atoms with Crippen LogP contribution in [0, 0.1) is 5.82 Å². The van der Waals surface area contributed by atoms with E-state index in [9.17, 15) is 4.39 Å². The number of benzene rings is 1. The van der Waals surface area contributed by atoms with E-state index < -0.39 is 5.82 Å². The van der Waals surface area contributed by atoms with Gasteiger partial charge in [0.25, 0.3) is 0 Å². The third-order valence-corrected chi connectivity index (χ3v) is 2.43. The molecule has 2 nitrogen and oxygen atoms in total. The smallest absolute Gasteiger partial charge is 0.137 e. The highest BCUT2D eigenvalue weighted by Gasteiger charge is 2.11. The lowest BCUT2D eigenvalue weighted by molar-refractivity contribution is 0.304. The van der Waals surface area contributed by atoms with Gasteiger partial charge < -0.3 is 10.5 Å². The highest BCUT2D eigenvalue weighted by molar-refractivity contribution is 7.80. The van der Waals surface area contributed by atoms with Gasteiger partial charge in [-0.15, -0.1) is 0 Å². The summed E-state index contributed by atoms with van der Waals surface area (Å²) >= 11 is 4.80. The number of unbranched alkanes of at least 4 members (excludes halogenated alkanes) is 2. The molecule has 2 N–H and O–H groups in total. The Bertz CT molecular complexity index is 368. The number of halogens is 1. The zero-order valence-corrected chi connectivity index (χ0v) is 10.1. The van der Waals surface area contributed by atoms with E-state index in [4.69, 9.17) is 22.7 Å². The normalized spacial score (nSPS) is 10.1. The molecule has 0 aliphatic carbocycles. The van der Waals surface area contributed by atoms with Crippen molar-refractivity contribution in [2.75, 3.05) is 6.61 Å². The van der Waals surface area contributed by atoms with Gasteiger partial charge in [0.05, 0.1) is 12.2 Å². The minimum atomic E-state index is -0.430. The summed E-state index contributed by atoms with van der Waals surface area (Å²) in [5, 5.41) is 0. The fourth-order valence-electron chi connectivity index (χ4n) is 1.40. The number of hydrogen-bond donors (Lipinski definition) is 1. The molecule has 88 valence electrons. The summed E-state index contributed by atoms with van der Waals surface area (Å²) in [6, 6.07) is 4.60. The van der Waals surface area contributed by atoms with E-state index in [-0.39, 0.29) is 10.6 Å². The standard InChI is InChI=1S/C12H16FNOS/c1-2-3-4-8-15-10-7-5-6-9(13)11(10)12(14)16/h5-7H,2-4,8H2,1H3,(H2,14,16). The molecule has 0 fully saturated rings. The maximum Gasteiger partial charge on any atom is 0.137 e. The predicted molar refractivity (Wildman–Crippen MR) is 67.3 cm³/mol. The predicted octanol–water partition coefficient (Wildman–Crippen LogP) is 3.03. The Morgan fingerprint density at radius 3 is 2.81 bits per heavy atom. The molecule has 0 unspecified atom stereocenters. The minimum absolute atomic E-state index is 0.0311. The fourth-order valence-corrected chi connectivity index (χ4v) is 1.60. The zero-order chi connectivity index (χ0) is 12.0. The van der Waals surface area contributed by atoms with Gasteiger partial charge in [0.15, 0.2) is 0 Å². The molecule has 0 aliphatic heterocycles. The van der Waals surface area contributed by atoms with Crippen molar-refractivity contribution in [1.29, 1.82) is 0 Å². The van der Waals surface area contributed by atoms with Gasteiger partial charge >= 0.3 is 0 Å². The SMILES string of the molecule is CCCCCOc1cccc(F)c1C(N)=S. The van der Waals surface area contributed by atoms with Crippen LogP contribution in [0.2, 0.25) is 0 Å². The number of rotatable bonds is 6. The second kappa shape index (κ2) is 6.43. The molecule has 0 radical (unpaired) electrons. The lowest BCUT2D eigenvalue weighted by Gasteiger charge is -2.10. The van der Waals surface area contributed by atoms with E-state index >= 15 is 0 Å².